The highest BCUT2D eigenvalue weighted by Crippen LogP contribution is 2.68. The van der Waals surface area contributed by atoms with E-state index in [0.717, 1.165) is 37.0 Å². The molecule has 4 saturated carbocycles. The van der Waals surface area contributed by atoms with Crippen LogP contribution in [0, 0.1) is 46.3 Å². The van der Waals surface area contributed by atoms with Crippen LogP contribution in [0.1, 0.15) is 91.4 Å². The minimum absolute atomic E-state index is 0.00775. The van der Waals surface area contributed by atoms with Gasteiger partial charge in [0, 0.05) is 19.6 Å². The molecule has 0 aromatic carbocycles. The summed E-state index contributed by atoms with van der Waals surface area (Å²) in [7, 11) is 1.65. The molecule has 0 aromatic heterocycles. The van der Waals surface area contributed by atoms with Gasteiger partial charge in [-0.2, -0.15) is 0 Å². The number of rotatable bonds is 13. The largest absolute Gasteiger partial charge is 0.481 e. The Kier molecular flexibility index (Phi) is 10.2. The van der Waals surface area contributed by atoms with E-state index in [1.54, 1.807) is 7.11 Å². The maximum atomic E-state index is 12.5. The molecule has 4 fully saturated rings. The highest BCUT2D eigenvalue weighted by Gasteiger charge is 2.60. The lowest BCUT2D eigenvalue weighted by atomic mass is 9.44. The number of nitrogens with one attached hydrogen (secondary N) is 1. The molecule has 0 aromatic rings. The van der Waals surface area contributed by atoms with E-state index >= 15 is 0 Å². The number of aliphatic carboxylic acids is 1. The van der Waals surface area contributed by atoms with Gasteiger partial charge in [0.25, 0.3) is 0 Å². The molecule has 0 heterocycles. The van der Waals surface area contributed by atoms with Crippen molar-refractivity contribution in [3.8, 4) is 0 Å². The van der Waals surface area contributed by atoms with Crippen molar-refractivity contribution in [2.45, 2.75) is 97.4 Å². The first-order valence-corrected chi connectivity index (χ1v) is 15.3. The second kappa shape index (κ2) is 13.0. The van der Waals surface area contributed by atoms with Crippen molar-refractivity contribution in [3.05, 3.63) is 0 Å². The minimum Gasteiger partial charge on any atom is -0.481 e. The van der Waals surface area contributed by atoms with E-state index in [1.807, 2.05) is 0 Å². The molecule has 9 atom stereocenters. The Hall–Kier alpha value is -1.18. The van der Waals surface area contributed by atoms with Gasteiger partial charge < -0.3 is 24.6 Å². The van der Waals surface area contributed by atoms with Crippen LogP contribution in [0.3, 0.4) is 0 Å². The normalized spacial score (nSPS) is 39.1. The SMILES string of the molecule is COCCOCCOCC(=O)N[C@H]1CC[C@@]2(C)[C@H](CC[C@@H]3[C@@H]2CC[C@]2(C)[C@@H]([C@H](C)CCC(=O)O)CC[C@@H]32)C1. The Bertz CT molecular complexity index is 805. The molecule has 7 heteroatoms. The van der Waals surface area contributed by atoms with E-state index < -0.39 is 5.97 Å². The topological polar surface area (TPSA) is 94.1 Å². The Morgan fingerprint density at radius 3 is 2.39 bits per heavy atom. The second-order valence-corrected chi connectivity index (χ2v) is 13.5. The summed E-state index contributed by atoms with van der Waals surface area (Å²) in [5.74, 6) is 3.60. The van der Waals surface area contributed by atoms with E-state index in [1.165, 1.54) is 44.9 Å². The molecule has 4 aliphatic rings. The highest BCUT2D eigenvalue weighted by molar-refractivity contribution is 5.77. The molecule has 4 aliphatic carbocycles. The molecule has 7 nitrogen and oxygen atoms in total. The van der Waals surface area contributed by atoms with Gasteiger partial charge in [-0.25, -0.2) is 0 Å². The Balaban J connectivity index is 1.27. The molecular weight excluding hydrogens is 482 g/mol. The van der Waals surface area contributed by atoms with Crippen LogP contribution in [0.4, 0.5) is 0 Å². The first-order valence-electron chi connectivity index (χ1n) is 15.3. The number of amides is 1. The smallest absolute Gasteiger partial charge is 0.303 e. The van der Waals surface area contributed by atoms with Gasteiger partial charge in [0.05, 0.1) is 26.4 Å². The number of ether oxygens (including phenoxy) is 3. The fourth-order valence-electron chi connectivity index (χ4n) is 9.71. The second-order valence-electron chi connectivity index (χ2n) is 13.5. The van der Waals surface area contributed by atoms with Crippen molar-refractivity contribution in [3.63, 3.8) is 0 Å². The van der Waals surface area contributed by atoms with Crippen molar-refractivity contribution in [1.82, 2.24) is 5.32 Å². The van der Waals surface area contributed by atoms with Crippen LogP contribution in [0.15, 0.2) is 0 Å². The number of carbonyl (C=O) groups excluding carboxylic acids is 1. The standard InChI is InChI=1S/C31H53NO6/c1-21(5-10-29(34)35)25-8-9-26-24-7-6-22-19-23(32-28(33)20-38-18-17-37-16-15-36-4)11-13-30(22,2)27(24)12-14-31(25,26)3/h21-27H,5-20H2,1-4H3,(H,32,33)(H,34,35)/t21-,22-,23+,24+,25-,26+,27+,30+,31-/m1/s1. The van der Waals surface area contributed by atoms with Crippen molar-refractivity contribution >= 4 is 11.9 Å². The van der Waals surface area contributed by atoms with Crippen molar-refractivity contribution in [2.75, 3.05) is 40.1 Å². The van der Waals surface area contributed by atoms with Crippen molar-refractivity contribution in [1.29, 1.82) is 0 Å². The molecule has 0 saturated heterocycles. The van der Waals surface area contributed by atoms with Gasteiger partial charge in [0.1, 0.15) is 6.61 Å². The van der Waals surface area contributed by atoms with Crippen LogP contribution in [-0.2, 0) is 23.8 Å². The molecule has 218 valence electrons. The average molecular weight is 536 g/mol. The van der Waals surface area contributed by atoms with E-state index in [0.29, 0.717) is 61.4 Å². The molecule has 0 spiro atoms. The fourth-order valence-corrected chi connectivity index (χ4v) is 9.71. The molecule has 0 unspecified atom stereocenters. The first kappa shape index (κ1) is 29.8. The monoisotopic (exact) mass is 535 g/mol. The fraction of sp³-hybridized carbons (Fsp3) is 0.935. The number of fused-ring (bicyclic) bond motifs is 5. The van der Waals surface area contributed by atoms with Gasteiger partial charge in [-0.3, -0.25) is 9.59 Å². The lowest BCUT2D eigenvalue weighted by molar-refractivity contribution is -0.137. The van der Waals surface area contributed by atoms with Crippen molar-refractivity contribution in [2.24, 2.45) is 46.3 Å². The number of carboxylic acid groups (broad SMARTS) is 1. The maximum Gasteiger partial charge on any atom is 0.303 e. The Labute approximate surface area is 230 Å². The maximum absolute atomic E-state index is 12.5. The number of hydrogen-bond donors (Lipinski definition) is 2. The lowest BCUT2D eigenvalue weighted by Gasteiger charge is -2.61. The van der Waals surface area contributed by atoms with Crippen LogP contribution in [0.2, 0.25) is 0 Å². The summed E-state index contributed by atoms with van der Waals surface area (Å²) < 4.78 is 15.8. The Morgan fingerprint density at radius 2 is 1.63 bits per heavy atom. The molecule has 38 heavy (non-hydrogen) atoms. The van der Waals surface area contributed by atoms with Gasteiger partial charge >= 0.3 is 5.97 Å². The van der Waals surface area contributed by atoms with E-state index in [4.69, 9.17) is 14.2 Å². The van der Waals surface area contributed by atoms with Gasteiger partial charge in [-0.15, -0.1) is 0 Å². The van der Waals surface area contributed by atoms with Crippen LogP contribution in [0.5, 0.6) is 0 Å². The predicted molar refractivity (Wildman–Crippen MR) is 147 cm³/mol. The van der Waals surface area contributed by atoms with E-state index in [9.17, 15) is 14.7 Å². The average Bonchev–Trinajstić information content (AvgIpc) is 3.24. The van der Waals surface area contributed by atoms with Crippen LogP contribution in [-0.4, -0.2) is 63.2 Å². The molecule has 0 bridgehead atoms. The van der Waals surface area contributed by atoms with Gasteiger partial charge in [0.15, 0.2) is 0 Å². The lowest BCUT2D eigenvalue weighted by Crippen LogP contribution is -2.55. The summed E-state index contributed by atoms with van der Waals surface area (Å²) in [6.45, 7) is 9.55. The van der Waals surface area contributed by atoms with Crippen LogP contribution in [0.25, 0.3) is 0 Å². The summed E-state index contributed by atoms with van der Waals surface area (Å²) in [6.07, 6.45) is 12.3. The Morgan fingerprint density at radius 1 is 0.921 bits per heavy atom. The summed E-state index contributed by atoms with van der Waals surface area (Å²) in [4.78, 5) is 23.7. The molecule has 0 radical (unpaired) electrons. The number of methoxy groups -OCH3 is 1. The number of carboxylic acids is 1. The third-order valence-electron chi connectivity index (χ3n) is 11.6. The predicted octanol–water partition coefficient (Wildman–Crippen LogP) is 5.31. The zero-order valence-electron chi connectivity index (χ0n) is 24.3. The summed E-state index contributed by atoms with van der Waals surface area (Å²) in [5, 5.41) is 12.5. The van der Waals surface area contributed by atoms with Gasteiger partial charge in [0.2, 0.25) is 5.91 Å². The number of hydrogen-bond acceptors (Lipinski definition) is 5. The van der Waals surface area contributed by atoms with E-state index in [2.05, 4.69) is 26.1 Å². The molecule has 0 aliphatic heterocycles. The third-order valence-corrected chi connectivity index (χ3v) is 11.6. The zero-order valence-corrected chi connectivity index (χ0v) is 24.3. The van der Waals surface area contributed by atoms with Crippen LogP contribution >= 0.6 is 0 Å². The molecule has 2 N–H and O–H groups in total. The molecule has 1 amide bonds. The minimum atomic E-state index is -0.658. The number of carbonyl (C=O) groups is 2. The summed E-state index contributed by atoms with van der Waals surface area (Å²) >= 11 is 0. The summed E-state index contributed by atoms with van der Waals surface area (Å²) in [6, 6.07) is 0.262. The molecular formula is C31H53NO6. The van der Waals surface area contributed by atoms with E-state index in [-0.39, 0.29) is 18.6 Å². The first-order chi connectivity index (χ1) is 18.2. The van der Waals surface area contributed by atoms with Gasteiger partial charge in [-0.1, -0.05) is 20.8 Å². The quantitative estimate of drug-likeness (QED) is 0.311. The third kappa shape index (κ3) is 6.41. The van der Waals surface area contributed by atoms with Crippen molar-refractivity contribution < 1.29 is 28.9 Å². The molecule has 4 rings (SSSR count). The summed E-state index contributed by atoms with van der Waals surface area (Å²) in [5.41, 5.74) is 0.761. The zero-order chi connectivity index (χ0) is 27.3. The highest BCUT2D eigenvalue weighted by atomic mass is 16.5. The van der Waals surface area contributed by atoms with Crippen LogP contribution < -0.4 is 5.32 Å². The van der Waals surface area contributed by atoms with Gasteiger partial charge in [-0.05, 0) is 111 Å².